The fourth-order valence-electron chi connectivity index (χ4n) is 6.67. The molecular formula is C46H69NO7. The van der Waals surface area contributed by atoms with E-state index in [9.17, 15) is 19.2 Å². The van der Waals surface area contributed by atoms with E-state index < -0.39 is 5.92 Å². The van der Waals surface area contributed by atoms with Crippen LogP contribution in [0.2, 0.25) is 0 Å². The van der Waals surface area contributed by atoms with E-state index in [-0.39, 0.29) is 30.4 Å². The summed E-state index contributed by atoms with van der Waals surface area (Å²) in [5.41, 5.74) is 2.30. The molecule has 0 spiro atoms. The normalized spacial score (nSPS) is 15.5. The number of hydrogen-bond acceptors (Lipinski definition) is 8. The Balaban J connectivity index is 1.88. The zero-order chi connectivity index (χ0) is 39.7. The number of allylic oxidation sites excluding steroid dienone is 4. The summed E-state index contributed by atoms with van der Waals surface area (Å²) < 4.78 is 17.4. The predicted octanol–water partition coefficient (Wildman–Crippen LogP) is 11.3. The van der Waals surface area contributed by atoms with Gasteiger partial charge in [0.2, 0.25) is 0 Å². The lowest BCUT2D eigenvalue weighted by molar-refractivity contribution is -0.145. The predicted molar refractivity (Wildman–Crippen MR) is 219 cm³/mol. The molecule has 8 nitrogen and oxygen atoms in total. The van der Waals surface area contributed by atoms with E-state index in [1.807, 2.05) is 25.1 Å². The number of aliphatic imine (C=N–C) groups is 1. The Morgan fingerprint density at radius 3 is 2.26 bits per heavy atom. The molecule has 0 fully saturated rings. The van der Waals surface area contributed by atoms with Crippen LogP contribution in [-0.2, 0) is 28.7 Å². The lowest BCUT2D eigenvalue weighted by atomic mass is 9.92. The number of carbonyl (C=O) groups is 4. The number of rotatable bonds is 31. The first-order chi connectivity index (χ1) is 26.1. The number of hydrogen-bond donors (Lipinski definition) is 0. The maximum atomic E-state index is 13.6. The number of ether oxygens (including phenoxy) is 3. The third-order valence-corrected chi connectivity index (χ3v) is 10.3. The van der Waals surface area contributed by atoms with Gasteiger partial charge in [-0.05, 0) is 75.0 Å². The second kappa shape index (κ2) is 26.9. The summed E-state index contributed by atoms with van der Waals surface area (Å²) >= 11 is 0. The van der Waals surface area contributed by atoms with Crippen LogP contribution in [0.5, 0.6) is 5.75 Å². The Hall–Kier alpha value is -3.81. The van der Waals surface area contributed by atoms with Gasteiger partial charge in [-0.1, -0.05) is 97.4 Å². The van der Waals surface area contributed by atoms with Crippen LogP contribution >= 0.6 is 0 Å². The minimum absolute atomic E-state index is 0.219. The van der Waals surface area contributed by atoms with Crippen molar-refractivity contribution in [2.75, 3.05) is 19.8 Å². The summed E-state index contributed by atoms with van der Waals surface area (Å²) in [6.07, 6.45) is 17.6. The summed E-state index contributed by atoms with van der Waals surface area (Å²) in [6, 6.07) is 5.66. The summed E-state index contributed by atoms with van der Waals surface area (Å²) in [5, 5.41) is 0. The first-order valence-corrected chi connectivity index (χ1v) is 20.7. The Morgan fingerprint density at radius 2 is 1.57 bits per heavy atom. The Bertz CT molecular complexity index is 1420. The molecule has 8 heteroatoms. The topological polar surface area (TPSA) is 108 Å². The molecular weight excluding hydrogens is 679 g/mol. The highest BCUT2D eigenvalue weighted by Crippen LogP contribution is 2.34. The van der Waals surface area contributed by atoms with Gasteiger partial charge < -0.3 is 14.2 Å². The number of Topliss-reactive ketones (excluding diaryl/α,β-unsaturated/α-hetero) is 2. The molecule has 0 N–H and O–H groups in total. The van der Waals surface area contributed by atoms with E-state index in [4.69, 9.17) is 19.2 Å². The number of para-hydroxylation sites is 1. The number of esters is 1. The van der Waals surface area contributed by atoms with Gasteiger partial charge in [-0.3, -0.25) is 24.2 Å². The van der Waals surface area contributed by atoms with Gasteiger partial charge in [0.1, 0.15) is 23.1 Å². The minimum Gasteiger partial charge on any atom is -0.499 e. The Morgan fingerprint density at radius 1 is 0.852 bits per heavy atom. The summed E-state index contributed by atoms with van der Waals surface area (Å²) in [7, 11) is 0. The average molecular weight is 748 g/mol. The van der Waals surface area contributed by atoms with Crippen LogP contribution in [0.15, 0.2) is 59.8 Å². The first kappa shape index (κ1) is 46.3. The maximum absolute atomic E-state index is 13.6. The van der Waals surface area contributed by atoms with E-state index in [1.54, 1.807) is 6.08 Å². The molecule has 1 aromatic rings. The van der Waals surface area contributed by atoms with Crippen molar-refractivity contribution in [2.45, 2.75) is 150 Å². The fourth-order valence-corrected chi connectivity index (χ4v) is 6.67. The van der Waals surface area contributed by atoms with Crippen molar-refractivity contribution in [3.8, 4) is 5.75 Å². The fraction of sp³-hybridized carbons (Fsp3) is 0.630. The molecule has 3 atom stereocenters. The monoisotopic (exact) mass is 748 g/mol. The number of ketones is 3. The molecule has 1 aliphatic rings. The van der Waals surface area contributed by atoms with Gasteiger partial charge >= 0.3 is 5.97 Å². The van der Waals surface area contributed by atoms with Crippen molar-refractivity contribution in [3.05, 3.63) is 60.4 Å². The van der Waals surface area contributed by atoms with Gasteiger partial charge in [-0.25, -0.2) is 0 Å². The van der Waals surface area contributed by atoms with Crippen LogP contribution in [0.3, 0.4) is 0 Å². The van der Waals surface area contributed by atoms with Crippen LogP contribution in [0.4, 0.5) is 5.69 Å². The smallest absolute Gasteiger partial charge is 0.305 e. The minimum atomic E-state index is -1.01. The maximum Gasteiger partial charge on any atom is 0.305 e. The van der Waals surface area contributed by atoms with E-state index in [1.165, 1.54) is 25.3 Å². The molecule has 0 heterocycles. The summed E-state index contributed by atoms with van der Waals surface area (Å²) in [5.74, 6) is 0.650. The molecule has 2 rings (SSSR count). The van der Waals surface area contributed by atoms with E-state index in [2.05, 4.69) is 40.9 Å². The third-order valence-electron chi connectivity index (χ3n) is 10.3. The van der Waals surface area contributed by atoms with Crippen LogP contribution in [0, 0.1) is 24.7 Å². The number of aryl methyl sites for hydroxylation is 1. The van der Waals surface area contributed by atoms with Crippen molar-refractivity contribution in [1.82, 2.24) is 0 Å². The molecule has 0 saturated heterocycles. The molecule has 0 aromatic heterocycles. The van der Waals surface area contributed by atoms with Crippen LogP contribution < -0.4 is 4.74 Å². The van der Waals surface area contributed by atoms with Crippen molar-refractivity contribution in [1.29, 1.82) is 0 Å². The Labute approximate surface area is 326 Å². The van der Waals surface area contributed by atoms with Gasteiger partial charge in [0.15, 0.2) is 11.6 Å². The molecule has 1 aliphatic carbocycles. The Kier molecular flexibility index (Phi) is 23.1. The van der Waals surface area contributed by atoms with Crippen LogP contribution in [-0.4, -0.2) is 48.9 Å². The average Bonchev–Trinajstić information content (AvgIpc) is 3.44. The molecule has 0 bridgehead atoms. The lowest BCUT2D eigenvalue weighted by Crippen LogP contribution is -2.26. The van der Waals surface area contributed by atoms with E-state index in [0.717, 1.165) is 56.9 Å². The number of benzene rings is 1. The molecule has 0 amide bonds. The number of nitrogens with zero attached hydrogens (tertiary/aromatic N) is 1. The quantitative estimate of drug-likeness (QED) is 0.0186. The zero-order valence-electron chi connectivity index (χ0n) is 34.2. The van der Waals surface area contributed by atoms with E-state index in [0.29, 0.717) is 98.0 Å². The van der Waals surface area contributed by atoms with E-state index >= 15 is 0 Å². The second-order valence-corrected chi connectivity index (χ2v) is 14.8. The highest BCUT2D eigenvalue weighted by molar-refractivity contribution is 6.33. The molecule has 0 aliphatic heterocycles. The van der Waals surface area contributed by atoms with Gasteiger partial charge in [0, 0.05) is 43.4 Å². The largest absolute Gasteiger partial charge is 0.499 e. The van der Waals surface area contributed by atoms with Crippen molar-refractivity contribution >= 4 is 34.7 Å². The summed E-state index contributed by atoms with van der Waals surface area (Å²) in [4.78, 5) is 56.4. The molecule has 1 aromatic carbocycles. The third kappa shape index (κ3) is 17.1. The van der Waals surface area contributed by atoms with Gasteiger partial charge in [0.05, 0.1) is 25.6 Å². The highest BCUT2D eigenvalue weighted by atomic mass is 16.5. The van der Waals surface area contributed by atoms with Crippen molar-refractivity contribution < 1.29 is 33.4 Å². The molecule has 54 heavy (non-hydrogen) atoms. The second-order valence-electron chi connectivity index (χ2n) is 14.8. The van der Waals surface area contributed by atoms with Crippen LogP contribution in [0.1, 0.15) is 149 Å². The highest BCUT2D eigenvalue weighted by Gasteiger charge is 2.37. The SMILES string of the molecule is C=CCC(=Nc1c(C)cccc1OCCCCC(=O)CCC(CC)CCCC)C1C(=O)C=C(CCC(=C)OCCCC(=O)OCC(CC)CCCC)C1=O. The lowest BCUT2D eigenvalue weighted by Gasteiger charge is -2.15. The summed E-state index contributed by atoms with van der Waals surface area (Å²) in [6.45, 7) is 19.7. The number of carbonyl (C=O) groups excluding carboxylic acids is 4. The van der Waals surface area contributed by atoms with Gasteiger partial charge in [0.25, 0.3) is 0 Å². The van der Waals surface area contributed by atoms with Crippen molar-refractivity contribution in [2.24, 2.45) is 22.7 Å². The number of unbranched alkanes of at least 4 members (excludes halogenated alkanes) is 3. The zero-order valence-corrected chi connectivity index (χ0v) is 34.2. The van der Waals surface area contributed by atoms with Gasteiger partial charge in [-0.15, -0.1) is 6.58 Å². The van der Waals surface area contributed by atoms with Crippen molar-refractivity contribution in [3.63, 3.8) is 0 Å². The first-order valence-electron chi connectivity index (χ1n) is 20.7. The standard InChI is InChI=1S/C46H69NO7/c1-8-13-21-36(11-4)27-29-39(48)23-15-16-30-53-42-24-17-20-34(6)45(42)47-40(19-10-3)44-41(49)32-38(46(44)51)28-26-35(7)52-31-18-25-43(50)54-33-37(12-5)22-14-9-2/h10,17,20,24,32,36-37,44H,3,7-9,11-16,18-19,21-23,25-31,33H2,1-2,4-6H3. The molecule has 3 unspecified atom stereocenters. The molecule has 0 radical (unpaired) electrons. The molecule has 300 valence electrons. The molecule has 0 saturated carbocycles. The van der Waals surface area contributed by atoms with Gasteiger partial charge in [-0.2, -0.15) is 0 Å². The van der Waals surface area contributed by atoms with Crippen LogP contribution in [0.25, 0.3) is 0 Å².